The maximum atomic E-state index is 5.81. The lowest BCUT2D eigenvalue weighted by Gasteiger charge is -2.26. The van der Waals surface area contributed by atoms with Crippen LogP contribution in [0, 0.1) is 0 Å². The highest BCUT2D eigenvalue weighted by atomic mass is 79.9. The molecule has 1 saturated heterocycles. The summed E-state index contributed by atoms with van der Waals surface area (Å²) in [5.74, 6) is 1.36. The molecule has 0 aliphatic carbocycles. The summed E-state index contributed by atoms with van der Waals surface area (Å²) in [4.78, 5) is 15.0. The molecule has 1 aliphatic rings. The van der Waals surface area contributed by atoms with Crippen molar-refractivity contribution in [1.82, 2.24) is 15.0 Å². The molecule has 1 fully saturated rings. The first kappa shape index (κ1) is 14.1. The standard InChI is InChI=1S/C14H17BrN6/c15-10-5-4-6-11(9-10)17-13-18-12(16)19-14(20-13)21-7-2-1-3-8-21/h4-6,9H,1-3,7-8H2,(H3,16,17,18,19,20). The molecule has 0 unspecified atom stereocenters. The molecule has 3 rings (SSSR count). The third kappa shape index (κ3) is 3.60. The van der Waals surface area contributed by atoms with Crippen molar-refractivity contribution in [2.24, 2.45) is 0 Å². The van der Waals surface area contributed by atoms with E-state index in [1.54, 1.807) is 0 Å². The first-order valence-corrected chi connectivity index (χ1v) is 7.79. The lowest BCUT2D eigenvalue weighted by molar-refractivity contribution is 0.568. The van der Waals surface area contributed by atoms with E-state index in [1.165, 1.54) is 19.3 Å². The van der Waals surface area contributed by atoms with E-state index in [0.29, 0.717) is 11.9 Å². The number of nitrogens with zero attached hydrogens (tertiary/aromatic N) is 4. The van der Waals surface area contributed by atoms with Crippen molar-refractivity contribution in [3.05, 3.63) is 28.7 Å². The fourth-order valence-electron chi connectivity index (χ4n) is 2.37. The number of hydrogen-bond donors (Lipinski definition) is 2. The summed E-state index contributed by atoms with van der Waals surface area (Å²) in [6.45, 7) is 1.94. The van der Waals surface area contributed by atoms with Gasteiger partial charge in [-0.25, -0.2) is 0 Å². The highest BCUT2D eigenvalue weighted by Gasteiger charge is 2.15. The first-order chi connectivity index (χ1) is 10.2. The van der Waals surface area contributed by atoms with Crippen molar-refractivity contribution >= 4 is 39.5 Å². The van der Waals surface area contributed by atoms with E-state index in [2.05, 4.69) is 41.1 Å². The van der Waals surface area contributed by atoms with Crippen molar-refractivity contribution in [2.75, 3.05) is 29.0 Å². The lowest BCUT2D eigenvalue weighted by Crippen LogP contribution is -2.31. The van der Waals surface area contributed by atoms with Crippen LogP contribution < -0.4 is 16.0 Å². The van der Waals surface area contributed by atoms with Gasteiger partial charge < -0.3 is 16.0 Å². The Morgan fingerprint density at radius 3 is 2.67 bits per heavy atom. The minimum absolute atomic E-state index is 0.239. The topological polar surface area (TPSA) is 80.0 Å². The minimum Gasteiger partial charge on any atom is -0.368 e. The van der Waals surface area contributed by atoms with E-state index >= 15 is 0 Å². The fraction of sp³-hybridized carbons (Fsp3) is 0.357. The van der Waals surface area contributed by atoms with Crippen LogP contribution in [0.25, 0.3) is 0 Å². The highest BCUT2D eigenvalue weighted by Crippen LogP contribution is 2.21. The average Bonchev–Trinajstić information content (AvgIpc) is 2.47. The fourth-order valence-corrected chi connectivity index (χ4v) is 2.77. The Labute approximate surface area is 131 Å². The van der Waals surface area contributed by atoms with Crippen molar-refractivity contribution < 1.29 is 0 Å². The van der Waals surface area contributed by atoms with Crippen LogP contribution >= 0.6 is 15.9 Å². The van der Waals surface area contributed by atoms with Crippen molar-refractivity contribution in [3.8, 4) is 0 Å². The van der Waals surface area contributed by atoms with E-state index in [9.17, 15) is 0 Å². The van der Waals surface area contributed by atoms with Gasteiger partial charge in [0, 0.05) is 23.2 Å². The quantitative estimate of drug-likeness (QED) is 0.887. The minimum atomic E-state index is 0.239. The summed E-state index contributed by atoms with van der Waals surface area (Å²) in [6.07, 6.45) is 3.60. The third-order valence-corrected chi connectivity index (χ3v) is 3.85. The highest BCUT2D eigenvalue weighted by molar-refractivity contribution is 9.10. The monoisotopic (exact) mass is 348 g/mol. The van der Waals surface area contributed by atoms with Gasteiger partial charge in [-0.3, -0.25) is 0 Å². The van der Waals surface area contributed by atoms with Gasteiger partial charge in [0.25, 0.3) is 0 Å². The number of piperidine rings is 1. The Hall–Kier alpha value is -1.89. The van der Waals surface area contributed by atoms with E-state index in [1.807, 2.05) is 24.3 Å². The van der Waals surface area contributed by atoms with Gasteiger partial charge in [0.1, 0.15) is 0 Å². The summed E-state index contributed by atoms with van der Waals surface area (Å²) >= 11 is 3.44. The molecule has 6 nitrogen and oxygen atoms in total. The number of anilines is 4. The van der Waals surface area contributed by atoms with Crippen LogP contribution in [0.5, 0.6) is 0 Å². The number of rotatable bonds is 3. The summed E-state index contributed by atoms with van der Waals surface area (Å²) in [5.41, 5.74) is 6.71. The predicted molar refractivity (Wildman–Crippen MR) is 87.7 cm³/mol. The molecular weight excluding hydrogens is 332 g/mol. The van der Waals surface area contributed by atoms with Crippen LogP contribution in [-0.2, 0) is 0 Å². The summed E-state index contributed by atoms with van der Waals surface area (Å²) < 4.78 is 0.991. The Balaban J connectivity index is 1.83. The van der Waals surface area contributed by atoms with Gasteiger partial charge in [-0.05, 0) is 37.5 Å². The second-order valence-corrected chi connectivity index (χ2v) is 5.92. The molecule has 110 valence electrons. The molecular formula is C14H17BrN6. The van der Waals surface area contributed by atoms with Crippen LogP contribution in [-0.4, -0.2) is 28.0 Å². The van der Waals surface area contributed by atoms with Gasteiger partial charge in [0.15, 0.2) is 0 Å². The normalized spacial score (nSPS) is 15.0. The SMILES string of the molecule is Nc1nc(Nc2cccc(Br)c2)nc(N2CCCCC2)n1. The maximum Gasteiger partial charge on any atom is 0.233 e. The Morgan fingerprint density at radius 2 is 1.90 bits per heavy atom. The predicted octanol–water partition coefficient (Wildman–Crippen LogP) is 2.95. The molecule has 0 amide bonds. The number of benzene rings is 1. The second kappa shape index (κ2) is 6.26. The van der Waals surface area contributed by atoms with Gasteiger partial charge in [0.2, 0.25) is 17.8 Å². The van der Waals surface area contributed by atoms with Gasteiger partial charge in [-0.2, -0.15) is 15.0 Å². The van der Waals surface area contributed by atoms with Crippen molar-refractivity contribution in [3.63, 3.8) is 0 Å². The van der Waals surface area contributed by atoms with E-state index < -0.39 is 0 Å². The number of nitrogens with two attached hydrogens (primary N) is 1. The largest absolute Gasteiger partial charge is 0.368 e. The number of aromatic nitrogens is 3. The second-order valence-electron chi connectivity index (χ2n) is 5.00. The molecule has 2 aromatic rings. The zero-order valence-electron chi connectivity index (χ0n) is 11.6. The molecule has 0 spiro atoms. The van der Waals surface area contributed by atoms with Gasteiger partial charge in [-0.1, -0.05) is 22.0 Å². The van der Waals surface area contributed by atoms with Crippen molar-refractivity contribution in [1.29, 1.82) is 0 Å². The maximum absolute atomic E-state index is 5.81. The molecule has 3 N–H and O–H groups in total. The van der Waals surface area contributed by atoms with Gasteiger partial charge in [-0.15, -0.1) is 0 Å². The van der Waals surface area contributed by atoms with E-state index in [0.717, 1.165) is 23.2 Å². The molecule has 7 heteroatoms. The summed E-state index contributed by atoms with van der Waals surface area (Å²) in [7, 11) is 0. The van der Waals surface area contributed by atoms with Crippen LogP contribution in [0.2, 0.25) is 0 Å². The molecule has 1 aromatic heterocycles. The van der Waals surface area contributed by atoms with E-state index in [4.69, 9.17) is 5.73 Å². The molecule has 0 saturated carbocycles. The summed E-state index contributed by atoms with van der Waals surface area (Å²) in [6, 6.07) is 7.82. The Bertz CT molecular complexity index is 627. The van der Waals surface area contributed by atoms with Crippen LogP contribution in [0.4, 0.5) is 23.5 Å². The third-order valence-electron chi connectivity index (χ3n) is 3.36. The molecule has 2 heterocycles. The summed E-state index contributed by atoms with van der Waals surface area (Å²) in [5, 5.41) is 3.17. The van der Waals surface area contributed by atoms with Gasteiger partial charge in [0.05, 0.1) is 0 Å². The van der Waals surface area contributed by atoms with Gasteiger partial charge >= 0.3 is 0 Å². The molecule has 1 aromatic carbocycles. The van der Waals surface area contributed by atoms with Crippen LogP contribution in [0.15, 0.2) is 28.7 Å². The average molecular weight is 349 g/mol. The number of halogens is 1. The number of nitrogen functional groups attached to an aromatic ring is 1. The Morgan fingerprint density at radius 1 is 1.10 bits per heavy atom. The Kier molecular flexibility index (Phi) is 4.19. The number of hydrogen-bond acceptors (Lipinski definition) is 6. The molecule has 0 atom stereocenters. The van der Waals surface area contributed by atoms with Crippen LogP contribution in [0.1, 0.15) is 19.3 Å². The molecule has 1 aliphatic heterocycles. The molecule has 0 radical (unpaired) electrons. The molecule has 21 heavy (non-hydrogen) atoms. The lowest BCUT2D eigenvalue weighted by atomic mass is 10.1. The molecule has 0 bridgehead atoms. The van der Waals surface area contributed by atoms with Crippen LogP contribution in [0.3, 0.4) is 0 Å². The number of nitrogens with one attached hydrogen (secondary N) is 1. The zero-order valence-corrected chi connectivity index (χ0v) is 13.2. The smallest absolute Gasteiger partial charge is 0.233 e. The van der Waals surface area contributed by atoms with E-state index in [-0.39, 0.29) is 5.95 Å². The van der Waals surface area contributed by atoms with Crippen molar-refractivity contribution in [2.45, 2.75) is 19.3 Å². The first-order valence-electron chi connectivity index (χ1n) is 7.00. The zero-order chi connectivity index (χ0) is 14.7.